The van der Waals surface area contributed by atoms with Crippen molar-refractivity contribution in [3.05, 3.63) is 45.5 Å². The molecular weight excluding hydrogens is 402 g/mol. The van der Waals surface area contributed by atoms with Crippen LogP contribution in [0.5, 0.6) is 0 Å². The first-order chi connectivity index (χ1) is 12.1. The molecule has 0 saturated heterocycles. The number of nitrogens with one attached hydrogen (secondary N) is 1. The van der Waals surface area contributed by atoms with Crippen LogP contribution >= 0.6 is 27.5 Å². The van der Waals surface area contributed by atoms with Gasteiger partial charge in [-0.05, 0) is 64.6 Å². The Morgan fingerprint density at radius 2 is 2.16 bits per heavy atom. The molecule has 2 fully saturated rings. The maximum Gasteiger partial charge on any atom is 0.225 e. The van der Waals surface area contributed by atoms with E-state index in [0.717, 1.165) is 26.9 Å². The Labute approximate surface area is 161 Å². The molecule has 0 aliphatic heterocycles. The van der Waals surface area contributed by atoms with E-state index < -0.39 is 0 Å². The fourth-order valence-corrected chi connectivity index (χ4v) is 5.02. The highest BCUT2D eigenvalue weighted by atomic mass is 79.9. The molecule has 4 nitrogen and oxygen atoms in total. The molecule has 3 atom stereocenters. The van der Waals surface area contributed by atoms with Crippen LogP contribution in [-0.4, -0.2) is 15.7 Å². The van der Waals surface area contributed by atoms with Crippen LogP contribution in [0, 0.1) is 17.8 Å². The van der Waals surface area contributed by atoms with E-state index in [4.69, 9.17) is 11.6 Å². The molecular formula is C19H21BrClN3O. The van der Waals surface area contributed by atoms with Crippen molar-refractivity contribution in [2.75, 3.05) is 5.32 Å². The standard InChI is InChI=1S/C19H21BrClN3O/c20-16-11-24(10-14-3-1-2-4-17(14)21)23-19(16)22-18(25)9-15-8-12-5-6-13(15)7-12/h1-4,11-13,15H,5-10H2,(H,22,23,25). The normalized spacial score (nSPS) is 24.6. The zero-order chi connectivity index (χ0) is 17.4. The van der Waals surface area contributed by atoms with Crippen LogP contribution < -0.4 is 5.32 Å². The average molecular weight is 423 g/mol. The summed E-state index contributed by atoms with van der Waals surface area (Å²) in [6.45, 7) is 0.570. The van der Waals surface area contributed by atoms with E-state index in [0.29, 0.717) is 24.7 Å². The van der Waals surface area contributed by atoms with Crippen molar-refractivity contribution in [3.63, 3.8) is 0 Å². The minimum atomic E-state index is 0.0706. The molecule has 0 spiro atoms. The first-order valence-electron chi connectivity index (χ1n) is 8.84. The minimum absolute atomic E-state index is 0.0706. The van der Waals surface area contributed by atoms with Gasteiger partial charge >= 0.3 is 0 Å². The molecule has 1 amide bonds. The molecule has 2 aliphatic rings. The number of amides is 1. The van der Waals surface area contributed by atoms with Gasteiger partial charge in [0.25, 0.3) is 0 Å². The van der Waals surface area contributed by atoms with E-state index in [1.54, 1.807) is 4.68 Å². The third-order valence-electron chi connectivity index (χ3n) is 5.60. The van der Waals surface area contributed by atoms with E-state index in [9.17, 15) is 4.79 Å². The van der Waals surface area contributed by atoms with Crippen molar-refractivity contribution >= 4 is 39.3 Å². The van der Waals surface area contributed by atoms with Gasteiger partial charge in [-0.25, -0.2) is 0 Å². The van der Waals surface area contributed by atoms with Crippen LogP contribution in [0.2, 0.25) is 5.02 Å². The van der Waals surface area contributed by atoms with Crippen LogP contribution in [0.15, 0.2) is 34.9 Å². The zero-order valence-electron chi connectivity index (χ0n) is 13.9. The minimum Gasteiger partial charge on any atom is -0.308 e. The van der Waals surface area contributed by atoms with Gasteiger partial charge < -0.3 is 5.32 Å². The second-order valence-corrected chi connectivity index (χ2v) is 8.56. The predicted molar refractivity (Wildman–Crippen MR) is 103 cm³/mol. The van der Waals surface area contributed by atoms with E-state index in [1.807, 2.05) is 30.5 Å². The van der Waals surface area contributed by atoms with Crippen LogP contribution in [0.4, 0.5) is 5.82 Å². The van der Waals surface area contributed by atoms with E-state index in [2.05, 4.69) is 26.3 Å². The first-order valence-corrected chi connectivity index (χ1v) is 10.0. The van der Waals surface area contributed by atoms with Crippen molar-refractivity contribution in [2.24, 2.45) is 17.8 Å². The van der Waals surface area contributed by atoms with Gasteiger partial charge in [-0.2, -0.15) is 5.10 Å². The Kier molecular flexibility index (Phi) is 4.87. The smallest absolute Gasteiger partial charge is 0.225 e. The second-order valence-electron chi connectivity index (χ2n) is 7.30. The molecule has 2 aromatic rings. The first kappa shape index (κ1) is 17.1. The molecule has 1 N–H and O–H groups in total. The van der Waals surface area contributed by atoms with E-state index >= 15 is 0 Å². The highest BCUT2D eigenvalue weighted by molar-refractivity contribution is 9.10. The Bertz CT molecular complexity index is 791. The van der Waals surface area contributed by atoms with Gasteiger partial charge in [0.15, 0.2) is 5.82 Å². The third-order valence-corrected chi connectivity index (χ3v) is 6.55. The van der Waals surface area contributed by atoms with Gasteiger partial charge in [0.05, 0.1) is 11.0 Å². The van der Waals surface area contributed by atoms with Crippen molar-refractivity contribution in [2.45, 2.75) is 38.6 Å². The monoisotopic (exact) mass is 421 g/mol. The number of hydrogen-bond acceptors (Lipinski definition) is 2. The number of nitrogens with zero attached hydrogens (tertiary/aromatic N) is 2. The highest BCUT2D eigenvalue weighted by Gasteiger charge is 2.40. The lowest BCUT2D eigenvalue weighted by Gasteiger charge is -2.20. The van der Waals surface area contributed by atoms with Gasteiger partial charge in [-0.3, -0.25) is 9.48 Å². The molecule has 2 aliphatic carbocycles. The number of anilines is 1. The molecule has 4 rings (SSSR count). The van der Waals surface area contributed by atoms with Crippen molar-refractivity contribution in [1.29, 1.82) is 0 Å². The molecule has 1 heterocycles. The number of hydrogen-bond donors (Lipinski definition) is 1. The third kappa shape index (κ3) is 3.77. The van der Waals surface area contributed by atoms with Crippen LogP contribution in [0.25, 0.3) is 0 Å². The largest absolute Gasteiger partial charge is 0.308 e. The summed E-state index contributed by atoms with van der Waals surface area (Å²) < 4.78 is 2.58. The zero-order valence-corrected chi connectivity index (χ0v) is 16.3. The lowest BCUT2D eigenvalue weighted by Crippen LogP contribution is -2.20. The number of carbonyl (C=O) groups excluding carboxylic acids is 1. The van der Waals surface area contributed by atoms with Gasteiger partial charge in [-0.15, -0.1) is 0 Å². The molecule has 25 heavy (non-hydrogen) atoms. The summed E-state index contributed by atoms with van der Waals surface area (Å²) in [6, 6.07) is 7.71. The van der Waals surface area contributed by atoms with Crippen LogP contribution in [-0.2, 0) is 11.3 Å². The Balaban J connectivity index is 1.38. The summed E-state index contributed by atoms with van der Waals surface area (Å²) >= 11 is 9.70. The molecule has 0 radical (unpaired) electrons. The van der Waals surface area contributed by atoms with E-state index in [1.165, 1.54) is 25.7 Å². The summed E-state index contributed by atoms with van der Waals surface area (Å²) in [4.78, 5) is 12.4. The summed E-state index contributed by atoms with van der Waals surface area (Å²) in [7, 11) is 0. The lowest BCUT2D eigenvalue weighted by molar-refractivity contribution is -0.117. The molecule has 132 valence electrons. The average Bonchev–Trinajstić information content (AvgIpc) is 3.26. The molecule has 2 saturated carbocycles. The topological polar surface area (TPSA) is 46.9 Å². The van der Waals surface area contributed by atoms with E-state index in [-0.39, 0.29) is 5.91 Å². The number of benzene rings is 1. The van der Waals surface area contributed by atoms with Crippen molar-refractivity contribution in [1.82, 2.24) is 9.78 Å². The molecule has 3 unspecified atom stereocenters. The van der Waals surface area contributed by atoms with Crippen molar-refractivity contribution in [3.8, 4) is 0 Å². The van der Waals surface area contributed by atoms with Gasteiger partial charge in [0.1, 0.15) is 0 Å². The quantitative estimate of drug-likeness (QED) is 0.727. The van der Waals surface area contributed by atoms with Gasteiger partial charge in [0.2, 0.25) is 5.91 Å². The molecule has 2 bridgehead atoms. The number of carbonyl (C=O) groups is 1. The van der Waals surface area contributed by atoms with Crippen LogP contribution in [0.1, 0.15) is 37.7 Å². The fourth-order valence-electron chi connectivity index (χ4n) is 4.41. The number of aromatic nitrogens is 2. The Morgan fingerprint density at radius 3 is 2.88 bits per heavy atom. The fraction of sp³-hybridized carbons (Fsp3) is 0.474. The van der Waals surface area contributed by atoms with Crippen LogP contribution in [0.3, 0.4) is 0 Å². The lowest BCUT2D eigenvalue weighted by atomic mass is 9.86. The van der Waals surface area contributed by atoms with Gasteiger partial charge in [-0.1, -0.05) is 36.2 Å². The molecule has 1 aromatic heterocycles. The maximum absolute atomic E-state index is 12.4. The number of halogens is 2. The number of fused-ring (bicyclic) bond motifs is 2. The second kappa shape index (κ2) is 7.12. The SMILES string of the molecule is O=C(CC1CC2CCC1C2)Nc1nn(Cc2ccccc2Cl)cc1Br. The highest BCUT2D eigenvalue weighted by Crippen LogP contribution is 2.49. The molecule has 1 aromatic carbocycles. The predicted octanol–water partition coefficient (Wildman–Crippen LogP) is 5.11. The molecule has 6 heteroatoms. The summed E-state index contributed by atoms with van der Waals surface area (Å²) in [5, 5.41) is 8.17. The number of rotatable bonds is 5. The Morgan fingerprint density at radius 1 is 1.32 bits per heavy atom. The maximum atomic E-state index is 12.4. The van der Waals surface area contributed by atoms with Crippen molar-refractivity contribution < 1.29 is 4.79 Å². The summed E-state index contributed by atoms with van der Waals surface area (Å²) in [5.74, 6) is 2.84. The van der Waals surface area contributed by atoms with Gasteiger partial charge in [0, 0.05) is 17.6 Å². The Hall–Kier alpha value is -1.33. The summed E-state index contributed by atoms with van der Waals surface area (Å²) in [6.07, 6.45) is 7.70. The summed E-state index contributed by atoms with van der Waals surface area (Å²) in [5.41, 5.74) is 0.999.